The van der Waals surface area contributed by atoms with E-state index < -0.39 is 0 Å². The van der Waals surface area contributed by atoms with Crippen LogP contribution in [0, 0.1) is 0 Å². The van der Waals surface area contributed by atoms with Gasteiger partial charge in [-0.3, -0.25) is 4.90 Å². The molecule has 4 heteroatoms. The van der Waals surface area contributed by atoms with Gasteiger partial charge in [0.15, 0.2) is 0 Å². The molecule has 0 unspecified atom stereocenters. The summed E-state index contributed by atoms with van der Waals surface area (Å²) < 4.78 is 1.40. The number of likely N-dealkylation sites (N-methyl/N-ethyl adjacent to an activating group) is 1. The van der Waals surface area contributed by atoms with Gasteiger partial charge in [-0.15, -0.1) is 11.3 Å². The Morgan fingerprint density at radius 3 is 2.18 bits per heavy atom. The monoisotopic (exact) mass is 429 g/mol. The zero-order valence-electron chi connectivity index (χ0n) is 16.5. The second-order valence-electron chi connectivity index (χ2n) is 7.70. The SMILES string of the molecule is C=C(CN(C)Cc1ccc(C(C)(C)c2ccccc2)cc1)c1cc(Cl)sc1Cl. The van der Waals surface area contributed by atoms with Gasteiger partial charge in [0.05, 0.1) is 4.34 Å². The molecule has 0 aliphatic rings. The van der Waals surface area contributed by atoms with E-state index in [4.69, 9.17) is 23.2 Å². The quantitative estimate of drug-likeness (QED) is 0.375. The van der Waals surface area contributed by atoms with Crippen LogP contribution >= 0.6 is 34.5 Å². The van der Waals surface area contributed by atoms with E-state index in [9.17, 15) is 0 Å². The first-order chi connectivity index (χ1) is 13.3. The van der Waals surface area contributed by atoms with Crippen LogP contribution in [-0.2, 0) is 12.0 Å². The lowest BCUT2D eigenvalue weighted by Gasteiger charge is -2.26. The molecule has 3 rings (SSSR count). The van der Waals surface area contributed by atoms with E-state index in [1.54, 1.807) is 0 Å². The van der Waals surface area contributed by atoms with Gasteiger partial charge in [0.1, 0.15) is 4.34 Å². The molecule has 0 aliphatic carbocycles. The number of halogens is 2. The summed E-state index contributed by atoms with van der Waals surface area (Å²) >= 11 is 13.7. The van der Waals surface area contributed by atoms with Crippen molar-refractivity contribution in [2.75, 3.05) is 13.6 Å². The van der Waals surface area contributed by atoms with Crippen LogP contribution < -0.4 is 0 Å². The molecule has 1 heterocycles. The van der Waals surface area contributed by atoms with Crippen LogP contribution in [0.5, 0.6) is 0 Å². The van der Waals surface area contributed by atoms with Crippen molar-refractivity contribution in [3.05, 3.63) is 98.2 Å². The molecule has 0 saturated carbocycles. The summed E-state index contributed by atoms with van der Waals surface area (Å²) in [6.07, 6.45) is 0. The predicted molar refractivity (Wildman–Crippen MR) is 125 cm³/mol. The molecule has 0 atom stereocenters. The van der Waals surface area contributed by atoms with Crippen LogP contribution in [0.3, 0.4) is 0 Å². The fourth-order valence-electron chi connectivity index (χ4n) is 3.41. The van der Waals surface area contributed by atoms with E-state index in [1.165, 1.54) is 28.0 Å². The maximum absolute atomic E-state index is 6.25. The molecule has 0 spiro atoms. The Morgan fingerprint density at radius 1 is 1.00 bits per heavy atom. The highest BCUT2D eigenvalue weighted by Crippen LogP contribution is 2.35. The Balaban J connectivity index is 1.65. The van der Waals surface area contributed by atoms with Crippen molar-refractivity contribution in [3.8, 4) is 0 Å². The molecule has 0 bridgehead atoms. The largest absolute Gasteiger partial charge is 0.298 e. The maximum atomic E-state index is 6.25. The van der Waals surface area contributed by atoms with Crippen molar-refractivity contribution in [3.63, 3.8) is 0 Å². The molecule has 0 fully saturated rings. The molecule has 1 nitrogen and oxygen atoms in total. The summed E-state index contributed by atoms with van der Waals surface area (Å²) in [4.78, 5) is 2.24. The zero-order valence-corrected chi connectivity index (χ0v) is 18.8. The third kappa shape index (κ3) is 4.87. The summed E-state index contributed by atoms with van der Waals surface area (Å²) in [5.41, 5.74) is 5.82. The van der Waals surface area contributed by atoms with Crippen molar-refractivity contribution in [2.24, 2.45) is 0 Å². The smallest absolute Gasteiger partial charge is 0.102 e. The molecule has 1 aromatic heterocycles. The molecule has 0 saturated heterocycles. The molecule has 2 aromatic carbocycles. The average molecular weight is 430 g/mol. The molecule has 0 N–H and O–H groups in total. The fraction of sp³-hybridized carbons (Fsp3) is 0.250. The lowest BCUT2D eigenvalue weighted by atomic mass is 9.78. The summed E-state index contributed by atoms with van der Waals surface area (Å²) in [7, 11) is 2.09. The van der Waals surface area contributed by atoms with E-state index in [0.29, 0.717) is 8.67 Å². The minimum Gasteiger partial charge on any atom is -0.298 e. The minimum atomic E-state index is -0.0189. The van der Waals surface area contributed by atoms with Crippen LogP contribution in [0.4, 0.5) is 0 Å². The van der Waals surface area contributed by atoms with Gasteiger partial charge < -0.3 is 0 Å². The van der Waals surface area contributed by atoms with Crippen molar-refractivity contribution >= 4 is 40.1 Å². The number of hydrogen-bond acceptors (Lipinski definition) is 2. The van der Waals surface area contributed by atoms with Crippen LogP contribution in [0.25, 0.3) is 5.57 Å². The number of thiophene rings is 1. The third-order valence-electron chi connectivity index (χ3n) is 5.12. The van der Waals surface area contributed by atoms with Gasteiger partial charge in [0, 0.05) is 24.1 Å². The Hall–Kier alpha value is -1.58. The number of rotatable bonds is 7. The van der Waals surface area contributed by atoms with Crippen molar-refractivity contribution in [2.45, 2.75) is 25.8 Å². The van der Waals surface area contributed by atoms with Gasteiger partial charge in [-0.25, -0.2) is 0 Å². The molecule has 3 aromatic rings. The molecule has 146 valence electrons. The van der Waals surface area contributed by atoms with Gasteiger partial charge >= 0.3 is 0 Å². The van der Waals surface area contributed by atoms with E-state index in [2.05, 4.69) is 87.0 Å². The number of hydrogen-bond donors (Lipinski definition) is 0. The van der Waals surface area contributed by atoms with Gasteiger partial charge in [-0.1, -0.05) is 98.2 Å². The third-order valence-corrected chi connectivity index (χ3v) is 6.61. The van der Waals surface area contributed by atoms with Gasteiger partial charge in [-0.05, 0) is 35.4 Å². The molecule has 0 amide bonds. The van der Waals surface area contributed by atoms with Crippen LogP contribution in [-0.4, -0.2) is 18.5 Å². The molecular formula is C24H25Cl2NS. The first-order valence-corrected chi connectivity index (χ1v) is 10.8. The normalized spacial score (nSPS) is 11.8. The molecule has 0 aliphatic heterocycles. The highest BCUT2D eigenvalue weighted by molar-refractivity contribution is 7.20. The summed E-state index contributed by atoms with van der Waals surface area (Å²) in [6, 6.07) is 21.4. The van der Waals surface area contributed by atoms with Gasteiger partial charge in [0.25, 0.3) is 0 Å². The Kier molecular flexibility index (Phi) is 6.67. The van der Waals surface area contributed by atoms with E-state index in [1.807, 2.05) is 6.07 Å². The standard InChI is InChI=1S/C24H25Cl2NS/c1-17(21-14-22(25)28-23(21)26)15-27(4)16-18-10-12-20(13-11-18)24(2,3)19-8-6-5-7-9-19/h5-14H,1,15-16H2,2-4H3. The number of benzene rings is 2. The lowest BCUT2D eigenvalue weighted by molar-refractivity contribution is 0.369. The zero-order chi connectivity index (χ0) is 20.3. The second-order valence-corrected chi connectivity index (χ2v) is 9.99. The highest BCUT2D eigenvalue weighted by atomic mass is 35.5. The van der Waals surface area contributed by atoms with Gasteiger partial charge in [-0.2, -0.15) is 0 Å². The van der Waals surface area contributed by atoms with E-state index in [-0.39, 0.29) is 5.41 Å². The van der Waals surface area contributed by atoms with Gasteiger partial charge in [0.2, 0.25) is 0 Å². The first-order valence-electron chi connectivity index (χ1n) is 9.24. The van der Waals surface area contributed by atoms with Crippen LogP contribution in [0.15, 0.2) is 67.2 Å². The number of nitrogens with zero attached hydrogens (tertiary/aromatic N) is 1. The highest BCUT2D eigenvalue weighted by Gasteiger charge is 2.22. The van der Waals surface area contributed by atoms with Crippen LogP contribution in [0.1, 0.15) is 36.1 Å². The first kappa shape index (κ1) is 21.1. The summed E-state index contributed by atoms with van der Waals surface area (Å²) in [6.45, 7) is 10.3. The molecular weight excluding hydrogens is 405 g/mol. The summed E-state index contributed by atoms with van der Waals surface area (Å²) in [5.74, 6) is 0. The summed E-state index contributed by atoms with van der Waals surface area (Å²) in [5, 5.41) is 0. The Labute approximate surface area is 182 Å². The molecule has 0 radical (unpaired) electrons. The maximum Gasteiger partial charge on any atom is 0.102 e. The predicted octanol–water partition coefficient (Wildman–Crippen LogP) is 7.53. The minimum absolute atomic E-state index is 0.0189. The van der Waals surface area contributed by atoms with Crippen molar-refractivity contribution in [1.29, 1.82) is 0 Å². The van der Waals surface area contributed by atoms with Crippen molar-refractivity contribution in [1.82, 2.24) is 4.90 Å². The topological polar surface area (TPSA) is 3.24 Å². The Bertz CT molecular complexity index is 942. The molecule has 28 heavy (non-hydrogen) atoms. The van der Waals surface area contributed by atoms with Crippen molar-refractivity contribution < 1.29 is 0 Å². The lowest BCUT2D eigenvalue weighted by Crippen LogP contribution is -2.21. The van der Waals surface area contributed by atoms with Crippen LogP contribution in [0.2, 0.25) is 8.67 Å². The van der Waals surface area contributed by atoms with E-state index in [0.717, 1.165) is 24.2 Å². The van der Waals surface area contributed by atoms with E-state index >= 15 is 0 Å². The Morgan fingerprint density at radius 2 is 1.61 bits per heavy atom. The average Bonchev–Trinajstić information content (AvgIpc) is 3.01. The fourth-order valence-corrected chi connectivity index (χ4v) is 4.97. The second kappa shape index (κ2) is 8.84.